The molecule has 0 spiro atoms. The van der Waals surface area contributed by atoms with E-state index in [0.717, 1.165) is 5.56 Å². The third-order valence-electron chi connectivity index (χ3n) is 3.74. The first-order chi connectivity index (χ1) is 12.5. The maximum atomic E-state index is 11.8. The van der Waals surface area contributed by atoms with Crippen LogP contribution < -0.4 is 10.1 Å². The summed E-state index contributed by atoms with van der Waals surface area (Å²) in [5.41, 5.74) is 2.09. The Balaban J connectivity index is 1.71. The number of rotatable bonds is 8. The highest BCUT2D eigenvalue weighted by molar-refractivity contribution is 5.94. The molecule has 0 fully saturated rings. The summed E-state index contributed by atoms with van der Waals surface area (Å²) >= 11 is 0. The van der Waals surface area contributed by atoms with Crippen molar-refractivity contribution >= 4 is 17.7 Å². The molecule has 2 aromatic rings. The van der Waals surface area contributed by atoms with Gasteiger partial charge in [0.05, 0.1) is 12.7 Å². The maximum absolute atomic E-state index is 11.8. The molecule has 26 heavy (non-hydrogen) atoms. The van der Waals surface area contributed by atoms with Gasteiger partial charge in [0.25, 0.3) is 5.91 Å². The molecule has 0 heterocycles. The van der Waals surface area contributed by atoms with Crippen LogP contribution in [0.5, 0.6) is 5.75 Å². The lowest BCUT2D eigenvalue weighted by Crippen LogP contribution is -2.30. The van der Waals surface area contributed by atoms with Gasteiger partial charge in [0.1, 0.15) is 5.75 Å². The molecule has 0 saturated carbocycles. The number of ketones is 1. The van der Waals surface area contributed by atoms with E-state index in [4.69, 9.17) is 4.74 Å². The van der Waals surface area contributed by atoms with Crippen molar-refractivity contribution in [2.24, 2.45) is 0 Å². The highest BCUT2D eigenvalue weighted by Gasteiger charge is 2.06. The van der Waals surface area contributed by atoms with Gasteiger partial charge >= 0.3 is 5.97 Å². The molecule has 6 nitrogen and oxygen atoms in total. The summed E-state index contributed by atoms with van der Waals surface area (Å²) in [6, 6.07) is 13.7. The van der Waals surface area contributed by atoms with Crippen LogP contribution in [-0.2, 0) is 16.0 Å². The lowest BCUT2D eigenvalue weighted by atomic mass is 10.1. The molecule has 2 aromatic carbocycles. The second-order valence-corrected chi connectivity index (χ2v) is 5.66. The fourth-order valence-electron chi connectivity index (χ4n) is 2.26. The summed E-state index contributed by atoms with van der Waals surface area (Å²) < 4.78 is 10.0. The molecule has 0 bridgehead atoms. The van der Waals surface area contributed by atoms with Gasteiger partial charge in [-0.1, -0.05) is 12.1 Å². The smallest absolute Gasteiger partial charge is 0.337 e. The first-order valence-corrected chi connectivity index (χ1v) is 8.17. The molecule has 0 aliphatic rings. The van der Waals surface area contributed by atoms with Crippen LogP contribution in [0.4, 0.5) is 0 Å². The summed E-state index contributed by atoms with van der Waals surface area (Å²) in [6.45, 7) is 1.86. The molecule has 136 valence electrons. The predicted octanol–water partition coefficient (Wildman–Crippen LogP) is 2.41. The van der Waals surface area contributed by atoms with Crippen LogP contribution in [0.2, 0.25) is 0 Å². The van der Waals surface area contributed by atoms with Gasteiger partial charge in [0, 0.05) is 12.1 Å². The number of hydrogen-bond acceptors (Lipinski definition) is 5. The van der Waals surface area contributed by atoms with Gasteiger partial charge in [-0.2, -0.15) is 0 Å². The quantitative estimate of drug-likeness (QED) is 0.581. The molecule has 0 aromatic heterocycles. The standard InChI is InChI=1S/C20H21NO5/c1-14(22)16-7-9-18(10-8-16)26-13-19(23)21-12-11-15-3-5-17(6-4-15)20(24)25-2/h3-10H,11-13H2,1-2H3,(H,21,23). The normalized spacial score (nSPS) is 10.1. The Hall–Kier alpha value is -3.15. The molecule has 0 radical (unpaired) electrons. The number of carbonyl (C=O) groups is 3. The van der Waals surface area contributed by atoms with Gasteiger partial charge in [0.2, 0.25) is 0 Å². The van der Waals surface area contributed by atoms with E-state index >= 15 is 0 Å². The van der Waals surface area contributed by atoms with E-state index in [2.05, 4.69) is 10.1 Å². The Labute approximate surface area is 152 Å². The zero-order valence-electron chi connectivity index (χ0n) is 14.8. The maximum Gasteiger partial charge on any atom is 0.337 e. The van der Waals surface area contributed by atoms with E-state index < -0.39 is 0 Å². The third-order valence-corrected chi connectivity index (χ3v) is 3.74. The van der Waals surface area contributed by atoms with Crippen molar-refractivity contribution in [2.45, 2.75) is 13.3 Å². The lowest BCUT2D eigenvalue weighted by Gasteiger charge is -2.08. The van der Waals surface area contributed by atoms with Gasteiger partial charge in [0.15, 0.2) is 12.4 Å². The van der Waals surface area contributed by atoms with E-state index in [9.17, 15) is 14.4 Å². The van der Waals surface area contributed by atoms with E-state index in [1.165, 1.54) is 14.0 Å². The van der Waals surface area contributed by atoms with Crippen molar-refractivity contribution in [2.75, 3.05) is 20.3 Å². The largest absolute Gasteiger partial charge is 0.484 e. The van der Waals surface area contributed by atoms with Crippen LogP contribution in [-0.4, -0.2) is 37.9 Å². The zero-order valence-corrected chi connectivity index (χ0v) is 14.8. The van der Waals surface area contributed by atoms with Crippen molar-refractivity contribution in [3.8, 4) is 5.75 Å². The Morgan fingerprint density at radius 3 is 2.12 bits per heavy atom. The second kappa shape index (κ2) is 9.36. The molecule has 0 atom stereocenters. The van der Waals surface area contributed by atoms with E-state index in [1.807, 2.05) is 12.1 Å². The number of benzene rings is 2. The summed E-state index contributed by atoms with van der Waals surface area (Å²) in [5.74, 6) is -0.0948. The van der Waals surface area contributed by atoms with Crippen molar-refractivity contribution in [3.63, 3.8) is 0 Å². The summed E-state index contributed by atoms with van der Waals surface area (Å²) in [5, 5.41) is 2.77. The average molecular weight is 355 g/mol. The molecule has 1 N–H and O–H groups in total. The van der Waals surface area contributed by atoms with Crippen molar-refractivity contribution in [1.82, 2.24) is 5.32 Å². The van der Waals surface area contributed by atoms with Crippen molar-refractivity contribution < 1.29 is 23.9 Å². The van der Waals surface area contributed by atoms with Crippen LogP contribution in [0.3, 0.4) is 0 Å². The van der Waals surface area contributed by atoms with Crippen LogP contribution >= 0.6 is 0 Å². The first kappa shape index (κ1) is 19.2. The van der Waals surface area contributed by atoms with Gasteiger partial charge in [-0.05, 0) is 55.3 Å². The highest BCUT2D eigenvalue weighted by Crippen LogP contribution is 2.12. The molecule has 1 amide bonds. The van der Waals surface area contributed by atoms with Crippen LogP contribution in [0.1, 0.15) is 33.2 Å². The van der Waals surface area contributed by atoms with Crippen LogP contribution in [0.15, 0.2) is 48.5 Å². The van der Waals surface area contributed by atoms with Gasteiger partial charge < -0.3 is 14.8 Å². The number of ether oxygens (including phenoxy) is 2. The minimum atomic E-state index is -0.377. The van der Waals surface area contributed by atoms with E-state index in [-0.39, 0.29) is 24.3 Å². The van der Waals surface area contributed by atoms with Crippen molar-refractivity contribution in [3.05, 3.63) is 65.2 Å². The fourth-order valence-corrected chi connectivity index (χ4v) is 2.26. The van der Waals surface area contributed by atoms with Gasteiger partial charge in [-0.15, -0.1) is 0 Å². The molecular formula is C20H21NO5. The molecular weight excluding hydrogens is 334 g/mol. The molecule has 0 unspecified atom stereocenters. The Bertz CT molecular complexity index is 766. The number of Topliss-reactive ketones (excluding diaryl/α,β-unsaturated/α-hetero) is 1. The predicted molar refractivity (Wildman–Crippen MR) is 96.4 cm³/mol. The summed E-state index contributed by atoms with van der Waals surface area (Å²) in [6.07, 6.45) is 0.639. The summed E-state index contributed by atoms with van der Waals surface area (Å²) in [7, 11) is 1.34. The monoisotopic (exact) mass is 355 g/mol. The number of esters is 1. The minimum Gasteiger partial charge on any atom is -0.484 e. The molecule has 0 saturated heterocycles. The minimum absolute atomic E-state index is 0.0195. The Kier molecular flexibility index (Phi) is 6.91. The first-order valence-electron chi connectivity index (χ1n) is 8.17. The Morgan fingerprint density at radius 1 is 0.923 bits per heavy atom. The van der Waals surface area contributed by atoms with Crippen LogP contribution in [0.25, 0.3) is 0 Å². The number of hydrogen-bond donors (Lipinski definition) is 1. The highest BCUT2D eigenvalue weighted by atomic mass is 16.5. The lowest BCUT2D eigenvalue weighted by molar-refractivity contribution is -0.123. The Morgan fingerprint density at radius 2 is 1.54 bits per heavy atom. The fraction of sp³-hybridized carbons (Fsp3) is 0.250. The molecule has 0 aliphatic heterocycles. The number of methoxy groups -OCH3 is 1. The SMILES string of the molecule is COC(=O)c1ccc(CCNC(=O)COc2ccc(C(C)=O)cc2)cc1. The third kappa shape index (κ3) is 5.73. The van der Waals surface area contributed by atoms with Gasteiger partial charge in [-0.25, -0.2) is 4.79 Å². The average Bonchev–Trinajstić information content (AvgIpc) is 2.66. The number of carbonyl (C=O) groups excluding carboxylic acids is 3. The van der Waals surface area contributed by atoms with Gasteiger partial charge in [-0.3, -0.25) is 9.59 Å². The molecule has 6 heteroatoms. The second-order valence-electron chi connectivity index (χ2n) is 5.66. The van der Waals surface area contributed by atoms with Crippen molar-refractivity contribution in [1.29, 1.82) is 0 Å². The summed E-state index contributed by atoms with van der Waals surface area (Å²) in [4.78, 5) is 34.4. The van der Waals surface area contributed by atoms with E-state index in [0.29, 0.717) is 29.8 Å². The molecule has 0 aliphatic carbocycles. The topological polar surface area (TPSA) is 81.7 Å². The molecule has 2 rings (SSSR count). The zero-order chi connectivity index (χ0) is 18.9. The number of amides is 1. The van der Waals surface area contributed by atoms with Crippen LogP contribution in [0, 0.1) is 0 Å². The van der Waals surface area contributed by atoms with E-state index in [1.54, 1.807) is 36.4 Å². The number of nitrogens with one attached hydrogen (secondary N) is 1.